The SMILES string of the molecule is CCCN1C(C)c2ccc(C(=O)O)cc2C1CC. The highest BCUT2D eigenvalue weighted by molar-refractivity contribution is 5.88. The van der Waals surface area contributed by atoms with Gasteiger partial charge in [-0.05, 0) is 49.6 Å². The summed E-state index contributed by atoms with van der Waals surface area (Å²) in [4.78, 5) is 13.6. The van der Waals surface area contributed by atoms with E-state index in [1.54, 1.807) is 6.07 Å². The molecule has 0 saturated carbocycles. The summed E-state index contributed by atoms with van der Waals surface area (Å²) >= 11 is 0. The average Bonchev–Trinajstić information content (AvgIpc) is 2.62. The molecule has 0 aromatic heterocycles. The fourth-order valence-corrected chi connectivity index (χ4v) is 3.07. The summed E-state index contributed by atoms with van der Waals surface area (Å²) in [5, 5.41) is 9.10. The largest absolute Gasteiger partial charge is 0.478 e. The molecule has 18 heavy (non-hydrogen) atoms. The number of aromatic carboxylic acids is 1. The molecule has 2 unspecified atom stereocenters. The number of rotatable bonds is 4. The van der Waals surface area contributed by atoms with Crippen molar-refractivity contribution < 1.29 is 9.90 Å². The van der Waals surface area contributed by atoms with E-state index in [9.17, 15) is 4.79 Å². The first-order valence-electron chi connectivity index (χ1n) is 6.73. The van der Waals surface area contributed by atoms with Gasteiger partial charge >= 0.3 is 5.97 Å². The van der Waals surface area contributed by atoms with Gasteiger partial charge in [0.2, 0.25) is 0 Å². The zero-order valence-corrected chi connectivity index (χ0v) is 11.3. The van der Waals surface area contributed by atoms with Crippen LogP contribution in [0.15, 0.2) is 18.2 Å². The predicted molar refractivity (Wildman–Crippen MR) is 71.8 cm³/mol. The molecule has 0 aliphatic carbocycles. The van der Waals surface area contributed by atoms with Crippen LogP contribution >= 0.6 is 0 Å². The predicted octanol–water partition coefficient (Wildman–Crippen LogP) is 3.62. The third-order valence-corrected chi connectivity index (χ3v) is 3.91. The molecule has 0 spiro atoms. The second-order valence-corrected chi connectivity index (χ2v) is 4.99. The molecule has 2 atom stereocenters. The van der Waals surface area contributed by atoms with Crippen LogP contribution < -0.4 is 0 Å². The first kappa shape index (κ1) is 13.1. The highest BCUT2D eigenvalue weighted by atomic mass is 16.4. The van der Waals surface area contributed by atoms with Gasteiger partial charge in [0.25, 0.3) is 0 Å². The van der Waals surface area contributed by atoms with Gasteiger partial charge in [-0.25, -0.2) is 4.79 Å². The monoisotopic (exact) mass is 247 g/mol. The molecule has 3 nitrogen and oxygen atoms in total. The quantitative estimate of drug-likeness (QED) is 0.883. The van der Waals surface area contributed by atoms with E-state index >= 15 is 0 Å². The second-order valence-electron chi connectivity index (χ2n) is 4.99. The smallest absolute Gasteiger partial charge is 0.335 e. The number of nitrogens with zero attached hydrogens (tertiary/aromatic N) is 1. The van der Waals surface area contributed by atoms with Gasteiger partial charge in [0.05, 0.1) is 5.56 Å². The minimum Gasteiger partial charge on any atom is -0.478 e. The van der Waals surface area contributed by atoms with Gasteiger partial charge in [0.15, 0.2) is 0 Å². The normalized spacial score (nSPS) is 23.1. The van der Waals surface area contributed by atoms with Crippen molar-refractivity contribution in [3.05, 3.63) is 34.9 Å². The molecule has 1 N–H and O–H groups in total. The molecule has 1 aromatic carbocycles. The van der Waals surface area contributed by atoms with E-state index in [2.05, 4.69) is 25.7 Å². The van der Waals surface area contributed by atoms with E-state index in [0.717, 1.165) is 19.4 Å². The second kappa shape index (κ2) is 5.11. The molecule has 0 radical (unpaired) electrons. The van der Waals surface area contributed by atoms with Gasteiger partial charge in [0, 0.05) is 12.1 Å². The zero-order chi connectivity index (χ0) is 13.3. The first-order valence-corrected chi connectivity index (χ1v) is 6.73. The number of carboxylic acid groups (broad SMARTS) is 1. The van der Waals surface area contributed by atoms with Gasteiger partial charge in [-0.3, -0.25) is 4.90 Å². The maximum absolute atomic E-state index is 11.1. The van der Waals surface area contributed by atoms with Crippen molar-refractivity contribution >= 4 is 5.97 Å². The average molecular weight is 247 g/mol. The summed E-state index contributed by atoms with van der Waals surface area (Å²) in [6, 6.07) is 6.33. The highest BCUT2D eigenvalue weighted by Gasteiger charge is 2.34. The lowest BCUT2D eigenvalue weighted by molar-refractivity contribution is 0.0696. The molecule has 1 aromatic rings. The van der Waals surface area contributed by atoms with E-state index in [1.165, 1.54) is 11.1 Å². The van der Waals surface area contributed by atoms with E-state index in [4.69, 9.17) is 5.11 Å². The Bertz CT molecular complexity index is 456. The number of benzene rings is 1. The van der Waals surface area contributed by atoms with E-state index in [-0.39, 0.29) is 0 Å². The molecule has 0 saturated heterocycles. The van der Waals surface area contributed by atoms with Crippen LogP contribution in [0, 0.1) is 0 Å². The van der Waals surface area contributed by atoms with Crippen LogP contribution in [0.4, 0.5) is 0 Å². The lowest BCUT2D eigenvalue weighted by atomic mass is 9.98. The molecule has 0 bridgehead atoms. The van der Waals surface area contributed by atoms with Crippen LogP contribution in [-0.4, -0.2) is 22.5 Å². The van der Waals surface area contributed by atoms with Gasteiger partial charge in [-0.2, -0.15) is 0 Å². The number of hydrogen-bond acceptors (Lipinski definition) is 2. The van der Waals surface area contributed by atoms with Crippen LogP contribution in [0.2, 0.25) is 0 Å². The Morgan fingerprint density at radius 3 is 2.61 bits per heavy atom. The van der Waals surface area contributed by atoms with Crippen molar-refractivity contribution in [3.63, 3.8) is 0 Å². The van der Waals surface area contributed by atoms with Crippen LogP contribution in [0.3, 0.4) is 0 Å². The molecular formula is C15H21NO2. The molecule has 2 rings (SSSR count). The Morgan fingerprint density at radius 2 is 2.06 bits per heavy atom. The van der Waals surface area contributed by atoms with Gasteiger partial charge in [-0.1, -0.05) is 19.9 Å². The minimum atomic E-state index is -0.839. The molecule has 3 heteroatoms. The number of hydrogen-bond donors (Lipinski definition) is 1. The van der Waals surface area contributed by atoms with Gasteiger partial charge < -0.3 is 5.11 Å². The minimum absolute atomic E-state index is 0.370. The molecular weight excluding hydrogens is 226 g/mol. The molecule has 0 fully saturated rings. The summed E-state index contributed by atoms with van der Waals surface area (Å²) in [7, 11) is 0. The number of carboxylic acids is 1. The fraction of sp³-hybridized carbons (Fsp3) is 0.533. The van der Waals surface area contributed by atoms with Gasteiger partial charge in [0.1, 0.15) is 0 Å². The Morgan fingerprint density at radius 1 is 1.33 bits per heavy atom. The van der Waals surface area contributed by atoms with Crippen LogP contribution in [0.5, 0.6) is 0 Å². The summed E-state index contributed by atoms with van der Waals surface area (Å²) in [5.74, 6) is -0.839. The number of fused-ring (bicyclic) bond motifs is 1. The first-order chi connectivity index (χ1) is 8.60. The van der Waals surface area contributed by atoms with Crippen molar-refractivity contribution in [2.45, 2.75) is 45.7 Å². The third kappa shape index (κ3) is 2.03. The zero-order valence-electron chi connectivity index (χ0n) is 11.3. The lowest BCUT2D eigenvalue weighted by Gasteiger charge is -2.27. The van der Waals surface area contributed by atoms with E-state index in [1.807, 2.05) is 12.1 Å². The summed E-state index contributed by atoms with van der Waals surface area (Å²) in [5.41, 5.74) is 2.90. The Balaban J connectivity index is 2.43. The molecule has 0 amide bonds. The molecule has 1 heterocycles. The van der Waals surface area contributed by atoms with E-state index < -0.39 is 5.97 Å². The lowest BCUT2D eigenvalue weighted by Crippen LogP contribution is -2.25. The fourth-order valence-electron chi connectivity index (χ4n) is 3.07. The summed E-state index contributed by atoms with van der Waals surface area (Å²) < 4.78 is 0. The topological polar surface area (TPSA) is 40.5 Å². The molecule has 1 aliphatic rings. The maximum atomic E-state index is 11.1. The Kier molecular flexibility index (Phi) is 3.71. The summed E-state index contributed by atoms with van der Waals surface area (Å²) in [6.07, 6.45) is 2.15. The third-order valence-electron chi connectivity index (χ3n) is 3.91. The van der Waals surface area contributed by atoms with Crippen molar-refractivity contribution in [2.24, 2.45) is 0 Å². The summed E-state index contributed by atoms with van der Waals surface area (Å²) in [6.45, 7) is 7.63. The van der Waals surface area contributed by atoms with E-state index in [0.29, 0.717) is 17.6 Å². The van der Waals surface area contributed by atoms with Crippen LogP contribution in [0.25, 0.3) is 0 Å². The van der Waals surface area contributed by atoms with Crippen LogP contribution in [-0.2, 0) is 0 Å². The molecule has 1 aliphatic heterocycles. The van der Waals surface area contributed by atoms with Crippen molar-refractivity contribution in [1.82, 2.24) is 4.90 Å². The van der Waals surface area contributed by atoms with Gasteiger partial charge in [-0.15, -0.1) is 0 Å². The Hall–Kier alpha value is -1.35. The highest BCUT2D eigenvalue weighted by Crippen LogP contribution is 2.43. The number of carbonyl (C=O) groups is 1. The van der Waals surface area contributed by atoms with Crippen molar-refractivity contribution in [2.75, 3.05) is 6.54 Å². The Labute approximate surface area is 108 Å². The van der Waals surface area contributed by atoms with Crippen molar-refractivity contribution in [3.8, 4) is 0 Å². The standard InChI is InChI=1S/C15H21NO2/c1-4-8-16-10(3)12-7-6-11(15(17)18)9-13(12)14(16)5-2/h6-7,9-10,14H,4-5,8H2,1-3H3,(H,17,18). The van der Waals surface area contributed by atoms with Crippen LogP contribution in [0.1, 0.15) is 67.2 Å². The molecule has 98 valence electrons. The maximum Gasteiger partial charge on any atom is 0.335 e. The van der Waals surface area contributed by atoms with Crippen molar-refractivity contribution in [1.29, 1.82) is 0 Å².